The Morgan fingerprint density at radius 2 is 1.81 bits per heavy atom. The number of carbonyl (C=O) groups excluding carboxylic acids is 1. The molecule has 0 fully saturated rings. The van der Waals surface area contributed by atoms with E-state index in [0.717, 1.165) is 5.57 Å². The fourth-order valence-corrected chi connectivity index (χ4v) is 1.25. The number of carbonyl (C=O) groups is 2. The highest BCUT2D eigenvalue weighted by Crippen LogP contribution is 2.17. The molecule has 0 aromatic carbocycles. The third-order valence-corrected chi connectivity index (χ3v) is 1.78. The van der Waals surface area contributed by atoms with Crippen molar-refractivity contribution in [3.63, 3.8) is 0 Å². The molecule has 0 aliphatic rings. The van der Waals surface area contributed by atoms with E-state index in [0.29, 0.717) is 6.42 Å². The van der Waals surface area contributed by atoms with Crippen LogP contribution in [0.5, 0.6) is 0 Å². The minimum Gasteiger partial charge on any atom is -0.481 e. The maximum absolute atomic E-state index is 11.4. The van der Waals surface area contributed by atoms with Crippen LogP contribution in [-0.2, 0) is 14.3 Å². The van der Waals surface area contributed by atoms with Gasteiger partial charge in [-0.1, -0.05) is 5.57 Å². The first-order valence-electron chi connectivity index (χ1n) is 5.21. The van der Waals surface area contributed by atoms with Crippen molar-refractivity contribution >= 4 is 11.9 Å². The molecule has 0 saturated carbocycles. The lowest BCUT2D eigenvalue weighted by molar-refractivity contribution is -0.159. The van der Waals surface area contributed by atoms with Crippen LogP contribution in [0, 0.1) is 5.92 Å². The highest BCUT2D eigenvalue weighted by atomic mass is 16.6. The van der Waals surface area contributed by atoms with Crippen molar-refractivity contribution in [1.29, 1.82) is 0 Å². The van der Waals surface area contributed by atoms with Gasteiger partial charge in [0, 0.05) is 0 Å². The van der Waals surface area contributed by atoms with Gasteiger partial charge in [-0.2, -0.15) is 0 Å². The first-order chi connectivity index (χ1) is 7.11. The Balaban J connectivity index is 4.35. The monoisotopic (exact) mass is 228 g/mol. The van der Waals surface area contributed by atoms with E-state index in [1.165, 1.54) is 0 Å². The zero-order valence-electron chi connectivity index (χ0n) is 10.4. The van der Waals surface area contributed by atoms with E-state index in [1.807, 2.05) is 0 Å². The average Bonchev–Trinajstić information content (AvgIpc) is 1.97. The summed E-state index contributed by atoms with van der Waals surface area (Å²) in [5.74, 6) is -2.22. The molecule has 0 unspecified atom stereocenters. The number of hydrogen-bond donors (Lipinski definition) is 1. The molecule has 16 heavy (non-hydrogen) atoms. The Morgan fingerprint density at radius 1 is 1.31 bits per heavy atom. The normalized spacial score (nSPS) is 13.0. The molecule has 0 aromatic heterocycles. The minimum atomic E-state index is -0.992. The van der Waals surface area contributed by atoms with Gasteiger partial charge in [-0.3, -0.25) is 9.59 Å². The highest BCUT2D eigenvalue weighted by molar-refractivity contribution is 5.79. The van der Waals surface area contributed by atoms with Crippen LogP contribution in [0.1, 0.15) is 40.5 Å². The number of esters is 1. The standard InChI is InChI=1S/C12H20O4/c1-8(2)6-9(11(14)15)7-10(13)16-12(3,4)5/h9H,1,6-7H2,2-5H3,(H,14,15)/t9-/m1/s1. The quantitative estimate of drug-likeness (QED) is 0.579. The predicted octanol–water partition coefficient (Wildman–Crippen LogP) is 2.39. The van der Waals surface area contributed by atoms with Crippen LogP contribution in [0.15, 0.2) is 12.2 Å². The average molecular weight is 228 g/mol. The minimum absolute atomic E-state index is 0.112. The molecule has 4 heteroatoms. The Hall–Kier alpha value is -1.32. The third kappa shape index (κ3) is 7.04. The van der Waals surface area contributed by atoms with Gasteiger partial charge in [-0.25, -0.2) is 0 Å². The molecule has 1 N–H and O–H groups in total. The van der Waals surface area contributed by atoms with Crippen LogP contribution in [0.2, 0.25) is 0 Å². The second-order valence-corrected chi connectivity index (χ2v) is 4.99. The van der Waals surface area contributed by atoms with E-state index >= 15 is 0 Å². The molecule has 0 radical (unpaired) electrons. The number of aliphatic carboxylic acids is 1. The number of allylic oxidation sites excluding steroid dienone is 1. The number of rotatable bonds is 5. The maximum Gasteiger partial charge on any atom is 0.307 e. The highest BCUT2D eigenvalue weighted by Gasteiger charge is 2.24. The fourth-order valence-electron chi connectivity index (χ4n) is 1.25. The molecule has 92 valence electrons. The molecule has 0 aromatic rings. The number of hydrogen-bond acceptors (Lipinski definition) is 3. The molecule has 0 bridgehead atoms. The van der Waals surface area contributed by atoms with Gasteiger partial charge in [0.2, 0.25) is 0 Å². The summed E-state index contributed by atoms with van der Waals surface area (Å²) in [6.45, 7) is 10.6. The summed E-state index contributed by atoms with van der Waals surface area (Å²) in [7, 11) is 0. The molecular weight excluding hydrogens is 208 g/mol. The second kappa shape index (κ2) is 5.68. The maximum atomic E-state index is 11.4. The van der Waals surface area contributed by atoms with Gasteiger partial charge < -0.3 is 9.84 Å². The Kier molecular flexibility index (Phi) is 5.21. The summed E-state index contributed by atoms with van der Waals surface area (Å²) >= 11 is 0. The van der Waals surface area contributed by atoms with Gasteiger partial charge in [-0.05, 0) is 34.1 Å². The molecule has 0 saturated heterocycles. The summed E-state index contributed by atoms with van der Waals surface area (Å²) in [5.41, 5.74) is 0.166. The topological polar surface area (TPSA) is 63.6 Å². The largest absolute Gasteiger partial charge is 0.481 e. The van der Waals surface area contributed by atoms with Crippen LogP contribution in [0.25, 0.3) is 0 Å². The molecular formula is C12H20O4. The van der Waals surface area contributed by atoms with Crippen LogP contribution >= 0.6 is 0 Å². The zero-order chi connectivity index (χ0) is 12.9. The number of ether oxygens (including phenoxy) is 1. The first kappa shape index (κ1) is 14.7. The Morgan fingerprint density at radius 3 is 2.12 bits per heavy atom. The van der Waals surface area contributed by atoms with Crippen LogP contribution in [-0.4, -0.2) is 22.6 Å². The van der Waals surface area contributed by atoms with Crippen molar-refractivity contribution < 1.29 is 19.4 Å². The number of carboxylic acids is 1. The van der Waals surface area contributed by atoms with Gasteiger partial charge in [0.25, 0.3) is 0 Å². The van der Waals surface area contributed by atoms with Crippen molar-refractivity contribution in [3.8, 4) is 0 Å². The van der Waals surface area contributed by atoms with Gasteiger partial charge in [0.1, 0.15) is 5.60 Å². The summed E-state index contributed by atoms with van der Waals surface area (Å²) in [6, 6.07) is 0. The summed E-state index contributed by atoms with van der Waals surface area (Å²) in [6.07, 6.45) is 0.189. The fraction of sp³-hybridized carbons (Fsp3) is 0.667. The van der Waals surface area contributed by atoms with Crippen molar-refractivity contribution in [3.05, 3.63) is 12.2 Å². The third-order valence-electron chi connectivity index (χ3n) is 1.78. The van der Waals surface area contributed by atoms with Crippen LogP contribution in [0.4, 0.5) is 0 Å². The van der Waals surface area contributed by atoms with Crippen molar-refractivity contribution in [2.45, 2.75) is 46.1 Å². The molecule has 0 aliphatic heterocycles. The van der Waals surface area contributed by atoms with Crippen molar-refractivity contribution in [2.75, 3.05) is 0 Å². The molecule has 0 heterocycles. The lowest BCUT2D eigenvalue weighted by Crippen LogP contribution is -2.27. The van der Waals surface area contributed by atoms with Crippen LogP contribution < -0.4 is 0 Å². The molecule has 0 aliphatic carbocycles. The SMILES string of the molecule is C=C(C)C[C@H](CC(=O)OC(C)(C)C)C(=O)O. The van der Waals surface area contributed by atoms with E-state index in [-0.39, 0.29) is 6.42 Å². The van der Waals surface area contributed by atoms with Gasteiger partial charge in [0.05, 0.1) is 12.3 Å². The van der Waals surface area contributed by atoms with E-state index in [9.17, 15) is 9.59 Å². The predicted molar refractivity (Wildman–Crippen MR) is 61.0 cm³/mol. The molecule has 4 nitrogen and oxygen atoms in total. The van der Waals surface area contributed by atoms with E-state index < -0.39 is 23.5 Å². The van der Waals surface area contributed by atoms with Gasteiger partial charge in [0.15, 0.2) is 0 Å². The van der Waals surface area contributed by atoms with E-state index in [2.05, 4.69) is 6.58 Å². The Labute approximate surface area is 96.3 Å². The lowest BCUT2D eigenvalue weighted by atomic mass is 9.98. The summed E-state index contributed by atoms with van der Waals surface area (Å²) < 4.78 is 5.07. The smallest absolute Gasteiger partial charge is 0.307 e. The van der Waals surface area contributed by atoms with E-state index in [1.54, 1.807) is 27.7 Å². The Bertz CT molecular complexity index is 286. The number of carboxylic acid groups (broad SMARTS) is 1. The zero-order valence-corrected chi connectivity index (χ0v) is 10.4. The van der Waals surface area contributed by atoms with Gasteiger partial charge in [-0.15, -0.1) is 6.58 Å². The molecule has 0 amide bonds. The van der Waals surface area contributed by atoms with Crippen molar-refractivity contribution in [2.24, 2.45) is 5.92 Å². The molecule has 1 atom stereocenters. The first-order valence-corrected chi connectivity index (χ1v) is 5.21. The van der Waals surface area contributed by atoms with Gasteiger partial charge >= 0.3 is 11.9 Å². The van der Waals surface area contributed by atoms with Crippen LogP contribution in [0.3, 0.4) is 0 Å². The molecule has 0 spiro atoms. The van der Waals surface area contributed by atoms with Crippen molar-refractivity contribution in [1.82, 2.24) is 0 Å². The lowest BCUT2D eigenvalue weighted by Gasteiger charge is -2.21. The second-order valence-electron chi connectivity index (χ2n) is 4.99. The summed E-state index contributed by atoms with van der Waals surface area (Å²) in [5, 5.41) is 8.92. The van der Waals surface area contributed by atoms with E-state index in [4.69, 9.17) is 9.84 Å². The summed E-state index contributed by atoms with van der Waals surface area (Å²) in [4.78, 5) is 22.3. The molecule has 0 rings (SSSR count).